The van der Waals surface area contributed by atoms with Crippen molar-refractivity contribution in [1.29, 1.82) is 0 Å². The van der Waals surface area contributed by atoms with Crippen LogP contribution in [0.1, 0.15) is 20.3 Å². The average molecular weight is 343 g/mol. The second-order valence-corrected chi connectivity index (χ2v) is 7.41. The number of thioether (sulfide) groups is 1. The van der Waals surface area contributed by atoms with Crippen LogP contribution < -0.4 is 4.90 Å². The Hall–Kier alpha value is -1.59. The van der Waals surface area contributed by atoms with Gasteiger partial charge >= 0.3 is 0 Å². The highest BCUT2D eigenvalue weighted by Crippen LogP contribution is 2.67. The number of fused-ring (bicyclic) bond motifs is 2. The third-order valence-corrected chi connectivity index (χ3v) is 6.97. The van der Waals surface area contributed by atoms with E-state index in [2.05, 4.69) is 6.08 Å². The van der Waals surface area contributed by atoms with Crippen LogP contribution in [0.4, 0.5) is 5.69 Å². The minimum atomic E-state index is -0.706. The van der Waals surface area contributed by atoms with Gasteiger partial charge in [0.15, 0.2) is 0 Å². The summed E-state index contributed by atoms with van der Waals surface area (Å²) in [5.74, 6) is 1.22. The number of rotatable bonds is 1. The van der Waals surface area contributed by atoms with Crippen LogP contribution >= 0.6 is 11.8 Å². The Morgan fingerprint density at radius 1 is 1.08 bits per heavy atom. The maximum atomic E-state index is 13.3. The lowest BCUT2D eigenvalue weighted by Crippen LogP contribution is -2.47. The molecule has 0 N–H and O–H groups in total. The highest BCUT2D eigenvalue weighted by atomic mass is 32.2. The predicted octanol–water partition coefficient (Wildman–Crippen LogP) is 3.03. The zero-order valence-electron chi connectivity index (χ0n) is 13.9. The van der Waals surface area contributed by atoms with Gasteiger partial charge in [-0.3, -0.25) is 9.59 Å². The molecule has 4 atom stereocenters. The Bertz CT molecular complexity index is 719. The summed E-state index contributed by atoms with van der Waals surface area (Å²) in [4.78, 5) is 28.1. The Morgan fingerprint density at radius 2 is 1.75 bits per heavy atom. The molecule has 0 saturated carbocycles. The van der Waals surface area contributed by atoms with Crippen molar-refractivity contribution in [3.8, 4) is 0 Å². The number of para-hydroxylation sites is 1. The lowest BCUT2D eigenvalue weighted by Gasteiger charge is -2.29. The van der Waals surface area contributed by atoms with Crippen LogP contribution in [-0.2, 0) is 14.3 Å². The molecule has 0 aromatic heterocycles. The van der Waals surface area contributed by atoms with Gasteiger partial charge in [-0.25, -0.2) is 4.90 Å². The van der Waals surface area contributed by atoms with Crippen LogP contribution in [0.5, 0.6) is 0 Å². The lowest BCUT2D eigenvalue weighted by atomic mass is 9.64. The second kappa shape index (κ2) is 5.46. The maximum Gasteiger partial charge on any atom is 0.245 e. The van der Waals surface area contributed by atoms with E-state index in [0.717, 1.165) is 6.42 Å². The van der Waals surface area contributed by atoms with Crippen molar-refractivity contribution in [2.45, 2.75) is 32.5 Å². The third kappa shape index (κ3) is 1.60. The van der Waals surface area contributed by atoms with Crippen LogP contribution in [0, 0.1) is 10.8 Å². The molecule has 0 radical (unpaired) electrons. The summed E-state index contributed by atoms with van der Waals surface area (Å²) >= 11 is 1.72. The fraction of sp³-hybridized carbons (Fsp3) is 0.474. The summed E-state index contributed by atoms with van der Waals surface area (Å²) in [7, 11) is 0. The molecule has 0 aliphatic carbocycles. The maximum absolute atomic E-state index is 13.3. The van der Waals surface area contributed by atoms with E-state index < -0.39 is 10.8 Å². The molecule has 4 aliphatic heterocycles. The minimum Gasteiger partial charge on any atom is -0.368 e. The van der Waals surface area contributed by atoms with Crippen LogP contribution in [0.3, 0.4) is 0 Å². The van der Waals surface area contributed by atoms with Gasteiger partial charge in [0.25, 0.3) is 0 Å². The average Bonchev–Trinajstić information content (AvgIpc) is 3.19. The SMILES string of the molecule is CC.O=C1N(c2ccccc2)C(=O)C23CSCC12C1C=CCC3O1. The normalized spacial score (nSPS) is 38.7. The number of carbonyl (C=O) groups is 2. The van der Waals surface area contributed by atoms with Gasteiger partial charge in [0.2, 0.25) is 11.8 Å². The summed E-state index contributed by atoms with van der Waals surface area (Å²) in [6.07, 6.45) is 4.36. The van der Waals surface area contributed by atoms with E-state index >= 15 is 0 Å². The summed E-state index contributed by atoms with van der Waals surface area (Å²) < 4.78 is 6.07. The van der Waals surface area contributed by atoms with Crippen LogP contribution in [0.15, 0.2) is 42.5 Å². The van der Waals surface area contributed by atoms with Gasteiger partial charge in [-0.05, 0) is 18.6 Å². The number of benzene rings is 1. The Labute approximate surface area is 146 Å². The molecule has 5 rings (SSSR count). The van der Waals surface area contributed by atoms with E-state index in [1.54, 1.807) is 11.8 Å². The van der Waals surface area contributed by atoms with E-state index in [9.17, 15) is 9.59 Å². The molecular weight excluding hydrogens is 322 g/mol. The lowest BCUT2D eigenvalue weighted by molar-refractivity contribution is -0.129. The first-order valence-corrected chi connectivity index (χ1v) is 9.71. The monoisotopic (exact) mass is 343 g/mol. The highest BCUT2D eigenvalue weighted by molar-refractivity contribution is 7.99. The number of hydrogen-bond acceptors (Lipinski definition) is 4. The Morgan fingerprint density at radius 3 is 2.50 bits per heavy atom. The third-order valence-electron chi connectivity index (χ3n) is 5.65. The molecule has 4 nitrogen and oxygen atoms in total. The van der Waals surface area contributed by atoms with Crippen LogP contribution in [0.2, 0.25) is 0 Å². The molecule has 3 fully saturated rings. The fourth-order valence-corrected chi connectivity index (χ4v) is 6.47. The van der Waals surface area contributed by atoms with E-state index in [1.165, 1.54) is 4.90 Å². The van der Waals surface area contributed by atoms with E-state index in [0.29, 0.717) is 17.2 Å². The van der Waals surface area contributed by atoms with Gasteiger partial charge in [-0.15, -0.1) is 0 Å². The number of nitrogens with zero attached hydrogens (tertiary/aromatic N) is 1. The van der Waals surface area contributed by atoms with Crippen molar-refractivity contribution in [3.63, 3.8) is 0 Å². The number of amides is 2. The predicted molar refractivity (Wildman–Crippen MR) is 94.9 cm³/mol. The topological polar surface area (TPSA) is 46.6 Å². The molecule has 3 saturated heterocycles. The second-order valence-electron chi connectivity index (χ2n) is 6.43. The van der Waals surface area contributed by atoms with E-state index in [1.807, 2.05) is 50.3 Å². The molecule has 2 amide bonds. The molecule has 24 heavy (non-hydrogen) atoms. The minimum absolute atomic E-state index is 0.0649. The van der Waals surface area contributed by atoms with Crippen molar-refractivity contribution in [3.05, 3.63) is 42.5 Å². The molecule has 1 aromatic rings. The molecule has 4 heterocycles. The van der Waals surface area contributed by atoms with Gasteiger partial charge in [0, 0.05) is 11.5 Å². The summed E-state index contributed by atoms with van der Waals surface area (Å²) in [6.45, 7) is 4.00. The highest BCUT2D eigenvalue weighted by Gasteiger charge is 2.81. The molecule has 4 aliphatic rings. The van der Waals surface area contributed by atoms with Crippen molar-refractivity contribution >= 4 is 29.3 Å². The molecular formula is C19H21NO3S. The quantitative estimate of drug-likeness (QED) is 0.581. The fourth-order valence-electron chi connectivity index (χ4n) is 4.62. The van der Waals surface area contributed by atoms with Gasteiger partial charge in [-0.2, -0.15) is 11.8 Å². The molecule has 4 unspecified atom stereocenters. The zero-order chi connectivity index (χ0) is 16.9. The number of imide groups is 1. The van der Waals surface area contributed by atoms with Gasteiger partial charge in [0.05, 0.1) is 17.9 Å². The van der Waals surface area contributed by atoms with Crippen molar-refractivity contribution in [1.82, 2.24) is 0 Å². The number of ether oxygens (including phenoxy) is 1. The first-order chi connectivity index (χ1) is 11.7. The number of carbonyl (C=O) groups excluding carboxylic acids is 2. The molecule has 5 heteroatoms. The molecule has 126 valence electrons. The number of hydrogen-bond donors (Lipinski definition) is 0. The van der Waals surface area contributed by atoms with Crippen molar-refractivity contribution in [2.75, 3.05) is 16.4 Å². The first-order valence-electron chi connectivity index (χ1n) is 8.56. The largest absolute Gasteiger partial charge is 0.368 e. The van der Waals surface area contributed by atoms with Crippen molar-refractivity contribution < 1.29 is 14.3 Å². The smallest absolute Gasteiger partial charge is 0.245 e. The molecule has 2 bridgehead atoms. The number of anilines is 1. The standard InChI is InChI=1S/C17H15NO3S.C2H6/c19-14-16-9-22-10-17(16,13-8-4-7-12(16)21-13)15(20)18(14)11-5-2-1-3-6-11;1-2/h1-7,12-13H,8-10H2;1-2H3. The molecule has 1 aromatic carbocycles. The zero-order valence-corrected chi connectivity index (χ0v) is 14.7. The summed E-state index contributed by atoms with van der Waals surface area (Å²) in [5, 5.41) is 0. The van der Waals surface area contributed by atoms with E-state index in [-0.39, 0.29) is 24.0 Å². The summed E-state index contributed by atoms with van der Waals surface area (Å²) in [6, 6.07) is 9.28. The van der Waals surface area contributed by atoms with E-state index in [4.69, 9.17) is 4.74 Å². The Kier molecular flexibility index (Phi) is 3.62. The van der Waals surface area contributed by atoms with Gasteiger partial charge in [0.1, 0.15) is 10.8 Å². The summed E-state index contributed by atoms with van der Waals surface area (Å²) in [5.41, 5.74) is -0.708. The first kappa shape index (κ1) is 15.9. The van der Waals surface area contributed by atoms with Crippen LogP contribution in [-0.4, -0.2) is 35.5 Å². The van der Waals surface area contributed by atoms with Crippen molar-refractivity contribution in [2.24, 2.45) is 10.8 Å². The molecule has 0 spiro atoms. The van der Waals surface area contributed by atoms with Gasteiger partial charge < -0.3 is 4.74 Å². The Balaban J connectivity index is 0.000000704. The van der Waals surface area contributed by atoms with Crippen LogP contribution in [0.25, 0.3) is 0 Å². The van der Waals surface area contributed by atoms with Gasteiger partial charge in [-0.1, -0.05) is 44.2 Å².